The molecule has 1 saturated heterocycles. The second kappa shape index (κ2) is 7.73. The molecule has 3 heterocycles. The molecule has 1 aromatic carbocycles. The predicted octanol–water partition coefficient (Wildman–Crippen LogP) is 1.67. The maximum absolute atomic E-state index is 12.7. The molecule has 1 aliphatic heterocycles. The van der Waals surface area contributed by atoms with Crippen LogP contribution in [0.15, 0.2) is 29.1 Å². The SMILES string of the molecule is CCn1c(=O)c2ccccc2n2c(CN3CCCC(NC)C3)nnc12.Cl. The van der Waals surface area contributed by atoms with Gasteiger partial charge < -0.3 is 5.32 Å². The molecule has 0 amide bonds. The number of nitrogens with zero attached hydrogens (tertiary/aromatic N) is 5. The lowest BCUT2D eigenvalue weighted by molar-refractivity contribution is 0.183. The van der Waals surface area contributed by atoms with Crippen molar-refractivity contribution in [1.82, 2.24) is 29.4 Å². The number of rotatable bonds is 4. The van der Waals surface area contributed by atoms with Crippen LogP contribution in [0.1, 0.15) is 25.6 Å². The average molecular weight is 377 g/mol. The molecular weight excluding hydrogens is 352 g/mol. The first-order valence-electron chi connectivity index (χ1n) is 8.98. The van der Waals surface area contributed by atoms with Gasteiger partial charge in [0, 0.05) is 19.1 Å². The lowest BCUT2D eigenvalue weighted by Gasteiger charge is -2.31. The Morgan fingerprint density at radius 1 is 1.27 bits per heavy atom. The van der Waals surface area contributed by atoms with Crippen molar-refractivity contribution >= 4 is 29.1 Å². The van der Waals surface area contributed by atoms with Gasteiger partial charge in [0.05, 0.1) is 17.4 Å². The van der Waals surface area contributed by atoms with Crippen molar-refractivity contribution in [1.29, 1.82) is 0 Å². The Hall–Kier alpha value is -1.96. The molecule has 4 rings (SSSR count). The average Bonchev–Trinajstić information content (AvgIpc) is 3.06. The number of aromatic nitrogens is 4. The Kier molecular flexibility index (Phi) is 5.60. The van der Waals surface area contributed by atoms with E-state index in [0.29, 0.717) is 23.8 Å². The van der Waals surface area contributed by atoms with E-state index >= 15 is 0 Å². The van der Waals surface area contributed by atoms with E-state index in [2.05, 4.69) is 20.4 Å². The number of likely N-dealkylation sites (N-methyl/N-ethyl adjacent to an activating group) is 1. The summed E-state index contributed by atoms with van der Waals surface area (Å²) in [6.45, 7) is 5.37. The Bertz CT molecular complexity index is 965. The first-order valence-corrected chi connectivity index (χ1v) is 8.98. The van der Waals surface area contributed by atoms with E-state index in [9.17, 15) is 4.79 Å². The number of aryl methyl sites for hydroxylation is 1. The zero-order chi connectivity index (χ0) is 17.4. The number of halogens is 1. The van der Waals surface area contributed by atoms with Gasteiger partial charge in [0.2, 0.25) is 5.78 Å². The summed E-state index contributed by atoms with van der Waals surface area (Å²) >= 11 is 0. The van der Waals surface area contributed by atoms with Crippen molar-refractivity contribution in [3.05, 3.63) is 40.4 Å². The standard InChI is InChI=1S/C18H24N6O.ClH/c1-3-23-17(25)14-8-4-5-9-15(14)24-16(20-21-18(23)24)12-22-10-6-7-13(11-22)19-2;/h4-5,8-9,13,19H,3,6-7,10-12H2,1-2H3;1H. The Labute approximate surface area is 158 Å². The van der Waals surface area contributed by atoms with Gasteiger partial charge in [-0.05, 0) is 45.5 Å². The summed E-state index contributed by atoms with van der Waals surface area (Å²) in [5, 5.41) is 12.9. The highest BCUT2D eigenvalue weighted by Gasteiger charge is 2.22. The zero-order valence-corrected chi connectivity index (χ0v) is 16.0. The number of fused-ring (bicyclic) bond motifs is 3. The first kappa shape index (κ1) is 18.8. The van der Waals surface area contributed by atoms with E-state index in [-0.39, 0.29) is 18.0 Å². The van der Waals surface area contributed by atoms with Gasteiger partial charge in [-0.2, -0.15) is 0 Å². The molecule has 1 N–H and O–H groups in total. The van der Waals surface area contributed by atoms with Gasteiger partial charge in [-0.25, -0.2) is 0 Å². The molecule has 26 heavy (non-hydrogen) atoms. The number of benzene rings is 1. The van der Waals surface area contributed by atoms with Crippen LogP contribution in [0.3, 0.4) is 0 Å². The predicted molar refractivity (Wildman–Crippen MR) is 105 cm³/mol. The summed E-state index contributed by atoms with van der Waals surface area (Å²) in [6, 6.07) is 8.24. The molecule has 1 unspecified atom stereocenters. The molecule has 8 heteroatoms. The van der Waals surface area contributed by atoms with Crippen molar-refractivity contribution in [2.75, 3.05) is 20.1 Å². The highest BCUT2D eigenvalue weighted by atomic mass is 35.5. The molecule has 1 atom stereocenters. The van der Waals surface area contributed by atoms with Gasteiger partial charge >= 0.3 is 0 Å². The third-order valence-corrected chi connectivity index (χ3v) is 5.17. The molecule has 7 nitrogen and oxygen atoms in total. The maximum atomic E-state index is 12.7. The third kappa shape index (κ3) is 3.11. The molecule has 2 aromatic heterocycles. The molecule has 3 aromatic rings. The van der Waals surface area contributed by atoms with E-state index in [4.69, 9.17) is 0 Å². The fourth-order valence-electron chi connectivity index (χ4n) is 3.84. The van der Waals surface area contributed by atoms with Crippen molar-refractivity contribution in [2.24, 2.45) is 0 Å². The molecule has 0 spiro atoms. The quantitative estimate of drug-likeness (QED) is 0.750. The van der Waals surface area contributed by atoms with Crippen LogP contribution in [0.5, 0.6) is 0 Å². The summed E-state index contributed by atoms with van der Waals surface area (Å²) < 4.78 is 3.74. The smallest absolute Gasteiger partial charge is 0.262 e. The number of nitrogens with one attached hydrogen (secondary N) is 1. The third-order valence-electron chi connectivity index (χ3n) is 5.17. The topological polar surface area (TPSA) is 67.5 Å². The van der Waals surface area contributed by atoms with Gasteiger partial charge in [0.25, 0.3) is 5.56 Å². The molecule has 0 aliphatic carbocycles. The van der Waals surface area contributed by atoms with Crippen LogP contribution >= 0.6 is 12.4 Å². The summed E-state index contributed by atoms with van der Waals surface area (Å²) in [5.74, 6) is 1.52. The second-order valence-electron chi connectivity index (χ2n) is 6.68. The molecule has 0 bridgehead atoms. The summed E-state index contributed by atoms with van der Waals surface area (Å²) in [4.78, 5) is 15.1. The summed E-state index contributed by atoms with van der Waals surface area (Å²) in [7, 11) is 2.02. The molecule has 1 fully saturated rings. The normalized spacial score (nSPS) is 18.3. The Morgan fingerprint density at radius 3 is 2.85 bits per heavy atom. The lowest BCUT2D eigenvalue weighted by Crippen LogP contribution is -2.44. The minimum absolute atomic E-state index is 0. The van der Waals surface area contributed by atoms with Crippen LogP contribution in [0.25, 0.3) is 16.7 Å². The maximum Gasteiger partial charge on any atom is 0.262 e. The first-order chi connectivity index (χ1) is 12.2. The molecular formula is C18H25ClN6O. The largest absolute Gasteiger partial charge is 0.316 e. The number of hydrogen-bond donors (Lipinski definition) is 1. The number of para-hydroxylation sites is 1. The Balaban J connectivity index is 0.00000196. The number of likely N-dealkylation sites (tertiary alicyclic amines) is 1. The van der Waals surface area contributed by atoms with Crippen LogP contribution in [-0.4, -0.2) is 50.2 Å². The highest BCUT2D eigenvalue weighted by molar-refractivity contribution is 5.85. The van der Waals surface area contributed by atoms with Gasteiger partial charge in [0.15, 0.2) is 5.82 Å². The van der Waals surface area contributed by atoms with E-state index in [1.54, 1.807) is 4.57 Å². The summed E-state index contributed by atoms with van der Waals surface area (Å²) in [6.07, 6.45) is 2.40. The van der Waals surface area contributed by atoms with Gasteiger partial charge in [-0.1, -0.05) is 12.1 Å². The number of hydrogen-bond acceptors (Lipinski definition) is 5. The van der Waals surface area contributed by atoms with Crippen LogP contribution in [-0.2, 0) is 13.1 Å². The summed E-state index contributed by atoms with van der Waals surface area (Å²) in [5.41, 5.74) is 0.882. The fourth-order valence-corrected chi connectivity index (χ4v) is 3.84. The van der Waals surface area contributed by atoms with Gasteiger partial charge in [0.1, 0.15) is 0 Å². The minimum atomic E-state index is -0.00207. The Morgan fingerprint density at radius 2 is 2.08 bits per heavy atom. The number of piperidine rings is 1. The second-order valence-corrected chi connectivity index (χ2v) is 6.68. The molecule has 1 aliphatic rings. The van der Waals surface area contributed by atoms with Crippen molar-refractivity contribution in [3.8, 4) is 0 Å². The van der Waals surface area contributed by atoms with Crippen LogP contribution in [0, 0.1) is 0 Å². The van der Waals surface area contributed by atoms with E-state index in [1.807, 2.05) is 42.6 Å². The molecule has 0 saturated carbocycles. The van der Waals surface area contributed by atoms with Crippen molar-refractivity contribution < 1.29 is 0 Å². The van der Waals surface area contributed by atoms with Crippen molar-refractivity contribution in [3.63, 3.8) is 0 Å². The van der Waals surface area contributed by atoms with Crippen LogP contribution in [0.4, 0.5) is 0 Å². The van der Waals surface area contributed by atoms with Gasteiger partial charge in [-0.15, -0.1) is 22.6 Å². The molecule has 0 radical (unpaired) electrons. The minimum Gasteiger partial charge on any atom is -0.316 e. The molecule has 140 valence electrons. The zero-order valence-electron chi connectivity index (χ0n) is 15.2. The van der Waals surface area contributed by atoms with Gasteiger partial charge in [-0.3, -0.25) is 18.7 Å². The van der Waals surface area contributed by atoms with E-state index in [1.165, 1.54) is 12.8 Å². The monoisotopic (exact) mass is 376 g/mol. The van der Waals surface area contributed by atoms with Crippen LogP contribution in [0.2, 0.25) is 0 Å². The van der Waals surface area contributed by atoms with Crippen molar-refractivity contribution in [2.45, 2.75) is 38.9 Å². The fraction of sp³-hybridized carbons (Fsp3) is 0.500. The van der Waals surface area contributed by atoms with Crippen LogP contribution < -0.4 is 10.9 Å². The highest BCUT2D eigenvalue weighted by Crippen LogP contribution is 2.17. The van der Waals surface area contributed by atoms with E-state index in [0.717, 1.165) is 31.0 Å². The van der Waals surface area contributed by atoms with E-state index < -0.39 is 0 Å². The lowest BCUT2D eigenvalue weighted by atomic mass is 10.1.